The summed E-state index contributed by atoms with van der Waals surface area (Å²) in [5, 5.41) is 0. The molecule has 1 fully saturated rings. The van der Waals surface area contributed by atoms with E-state index in [1.165, 1.54) is 26.4 Å². The molecule has 1 saturated carbocycles. The number of carbonyl (C=O) groups excluding carboxylic acids is 1. The first-order valence-corrected chi connectivity index (χ1v) is 14.1. The van der Waals surface area contributed by atoms with Crippen LogP contribution in [0.5, 0.6) is 11.5 Å². The van der Waals surface area contributed by atoms with Crippen molar-refractivity contribution >= 4 is 5.97 Å². The van der Waals surface area contributed by atoms with Gasteiger partial charge in [-0.15, -0.1) is 0 Å². The predicted octanol–water partition coefficient (Wildman–Crippen LogP) is 8.64. The summed E-state index contributed by atoms with van der Waals surface area (Å²) in [7, 11) is 2.95. The zero-order valence-electron chi connectivity index (χ0n) is 24.2. The standard InChI is InChI=1S/C34H40F2O4/c1-22(17-33(37)39-5)8-9-23-10-12-25(13-11-23)40-21-24-18-28(30-7-6-16-34(30,2)3)27(20-32(24)36)29-19-26(38-4)14-15-31(29)35/h10-15,18-20,22,30H,6-9,16-17,21H2,1-5H3/t22-,30+/m0/s1. The molecule has 0 aromatic heterocycles. The fourth-order valence-corrected chi connectivity index (χ4v) is 5.81. The molecule has 0 heterocycles. The lowest BCUT2D eigenvalue weighted by atomic mass is 9.75. The molecule has 3 aromatic carbocycles. The average molecular weight is 551 g/mol. The first-order valence-electron chi connectivity index (χ1n) is 14.1. The molecule has 3 aromatic rings. The highest BCUT2D eigenvalue weighted by Gasteiger charge is 2.37. The third kappa shape index (κ3) is 7.01. The third-order valence-electron chi connectivity index (χ3n) is 8.30. The van der Waals surface area contributed by atoms with Gasteiger partial charge in [-0.25, -0.2) is 8.78 Å². The highest BCUT2D eigenvalue weighted by atomic mass is 19.1. The van der Waals surface area contributed by atoms with Crippen LogP contribution in [0.2, 0.25) is 0 Å². The number of ether oxygens (including phenoxy) is 3. The lowest BCUT2D eigenvalue weighted by Gasteiger charge is -2.30. The quantitative estimate of drug-likeness (QED) is 0.224. The number of hydrogen-bond acceptors (Lipinski definition) is 4. The fraction of sp³-hybridized carbons (Fsp3) is 0.441. The minimum absolute atomic E-state index is 0.0181. The van der Waals surface area contributed by atoms with Crippen molar-refractivity contribution in [3.8, 4) is 22.6 Å². The van der Waals surface area contributed by atoms with Gasteiger partial charge in [0.25, 0.3) is 0 Å². The van der Waals surface area contributed by atoms with Crippen molar-refractivity contribution in [2.45, 2.75) is 71.8 Å². The molecule has 1 aliphatic carbocycles. The van der Waals surface area contributed by atoms with E-state index in [2.05, 4.69) is 13.8 Å². The van der Waals surface area contributed by atoms with Crippen LogP contribution in [-0.4, -0.2) is 20.2 Å². The molecule has 0 aliphatic heterocycles. The first kappa shape index (κ1) is 29.6. The van der Waals surface area contributed by atoms with Crippen LogP contribution < -0.4 is 9.47 Å². The van der Waals surface area contributed by atoms with Crippen LogP contribution in [0.4, 0.5) is 8.78 Å². The van der Waals surface area contributed by atoms with Gasteiger partial charge in [0.05, 0.1) is 14.2 Å². The van der Waals surface area contributed by atoms with Crippen molar-refractivity contribution < 1.29 is 27.8 Å². The van der Waals surface area contributed by atoms with Gasteiger partial charge >= 0.3 is 5.97 Å². The van der Waals surface area contributed by atoms with Crippen LogP contribution in [0.15, 0.2) is 54.6 Å². The molecule has 0 bridgehead atoms. The van der Waals surface area contributed by atoms with Gasteiger partial charge < -0.3 is 14.2 Å². The molecule has 0 amide bonds. The van der Waals surface area contributed by atoms with Crippen molar-refractivity contribution in [2.75, 3.05) is 14.2 Å². The Morgan fingerprint density at radius 1 is 0.975 bits per heavy atom. The lowest BCUT2D eigenvalue weighted by Crippen LogP contribution is -2.17. The van der Waals surface area contributed by atoms with Crippen LogP contribution in [0.3, 0.4) is 0 Å². The van der Waals surface area contributed by atoms with Gasteiger partial charge in [-0.1, -0.05) is 39.3 Å². The predicted molar refractivity (Wildman–Crippen MR) is 154 cm³/mol. The van der Waals surface area contributed by atoms with E-state index in [0.717, 1.165) is 43.2 Å². The van der Waals surface area contributed by atoms with E-state index < -0.39 is 11.6 Å². The smallest absolute Gasteiger partial charge is 0.305 e. The van der Waals surface area contributed by atoms with Gasteiger partial charge in [-0.2, -0.15) is 0 Å². The number of carbonyl (C=O) groups is 1. The van der Waals surface area contributed by atoms with Crippen molar-refractivity contribution in [2.24, 2.45) is 11.3 Å². The summed E-state index contributed by atoms with van der Waals surface area (Å²) >= 11 is 0. The fourth-order valence-electron chi connectivity index (χ4n) is 5.81. The van der Waals surface area contributed by atoms with E-state index in [-0.39, 0.29) is 29.8 Å². The molecule has 4 rings (SSSR count). The van der Waals surface area contributed by atoms with Crippen molar-refractivity contribution in [1.82, 2.24) is 0 Å². The second-order valence-electron chi connectivity index (χ2n) is 11.7. The van der Waals surface area contributed by atoms with E-state index >= 15 is 8.78 Å². The third-order valence-corrected chi connectivity index (χ3v) is 8.30. The number of methoxy groups -OCH3 is 2. The summed E-state index contributed by atoms with van der Waals surface area (Å²) in [5.74, 6) is 0.574. The maximum Gasteiger partial charge on any atom is 0.305 e. The Balaban J connectivity index is 1.54. The summed E-state index contributed by atoms with van der Waals surface area (Å²) in [5.41, 5.74) is 3.48. The van der Waals surface area contributed by atoms with Gasteiger partial charge in [0.15, 0.2) is 0 Å². The summed E-state index contributed by atoms with van der Waals surface area (Å²) in [6, 6.07) is 15.7. The Bertz CT molecular complexity index is 1320. The second-order valence-corrected chi connectivity index (χ2v) is 11.7. The van der Waals surface area contributed by atoms with E-state index in [1.807, 2.05) is 37.3 Å². The largest absolute Gasteiger partial charge is 0.497 e. The van der Waals surface area contributed by atoms with Crippen LogP contribution in [0, 0.1) is 23.0 Å². The van der Waals surface area contributed by atoms with Crippen molar-refractivity contribution in [3.63, 3.8) is 0 Å². The number of rotatable bonds is 11. The van der Waals surface area contributed by atoms with E-state index in [0.29, 0.717) is 34.6 Å². The molecule has 1 aliphatic rings. The highest BCUT2D eigenvalue weighted by Crippen LogP contribution is 2.51. The van der Waals surface area contributed by atoms with Crippen LogP contribution >= 0.6 is 0 Å². The van der Waals surface area contributed by atoms with Gasteiger partial charge in [0.2, 0.25) is 0 Å². The Kier molecular flexibility index (Phi) is 9.49. The van der Waals surface area contributed by atoms with Gasteiger partial charge in [-0.3, -0.25) is 4.79 Å². The number of esters is 1. The van der Waals surface area contributed by atoms with Crippen LogP contribution in [-0.2, 0) is 22.6 Å². The molecule has 4 nitrogen and oxygen atoms in total. The molecule has 214 valence electrons. The lowest BCUT2D eigenvalue weighted by molar-refractivity contribution is -0.141. The number of halogens is 2. The zero-order valence-corrected chi connectivity index (χ0v) is 24.2. The number of hydrogen-bond donors (Lipinski definition) is 0. The first-order chi connectivity index (χ1) is 19.1. The van der Waals surface area contributed by atoms with Gasteiger partial charge in [0.1, 0.15) is 29.7 Å². The van der Waals surface area contributed by atoms with Gasteiger partial charge in [-0.05, 0) is 102 Å². The monoisotopic (exact) mass is 550 g/mol. The SMILES string of the molecule is COC(=O)C[C@@H](C)CCc1ccc(OCc2cc([C@H]3CCCC3(C)C)c(-c3cc(OC)ccc3F)cc2F)cc1. The van der Waals surface area contributed by atoms with Crippen molar-refractivity contribution in [3.05, 3.63) is 82.9 Å². The molecule has 0 spiro atoms. The maximum absolute atomic E-state index is 15.5. The Morgan fingerprint density at radius 3 is 2.35 bits per heavy atom. The van der Waals surface area contributed by atoms with E-state index in [1.54, 1.807) is 12.1 Å². The second kappa shape index (κ2) is 12.8. The van der Waals surface area contributed by atoms with Crippen LogP contribution in [0.25, 0.3) is 11.1 Å². The van der Waals surface area contributed by atoms with E-state index in [9.17, 15) is 4.79 Å². The van der Waals surface area contributed by atoms with Crippen LogP contribution in [0.1, 0.15) is 75.5 Å². The molecular formula is C34H40F2O4. The number of aryl methyl sites for hydroxylation is 1. The molecule has 0 radical (unpaired) electrons. The molecule has 0 N–H and O–H groups in total. The molecular weight excluding hydrogens is 510 g/mol. The van der Waals surface area contributed by atoms with Gasteiger partial charge in [0, 0.05) is 17.5 Å². The number of benzene rings is 3. The molecule has 6 heteroatoms. The molecule has 0 unspecified atom stereocenters. The Hall–Kier alpha value is -3.41. The highest BCUT2D eigenvalue weighted by molar-refractivity contribution is 5.71. The molecule has 40 heavy (non-hydrogen) atoms. The minimum Gasteiger partial charge on any atom is -0.497 e. The molecule has 2 atom stereocenters. The zero-order chi connectivity index (χ0) is 28.9. The minimum atomic E-state index is -0.423. The summed E-state index contributed by atoms with van der Waals surface area (Å²) in [6.45, 7) is 6.57. The molecule has 0 saturated heterocycles. The maximum atomic E-state index is 15.5. The Morgan fingerprint density at radius 2 is 1.70 bits per heavy atom. The average Bonchev–Trinajstić information content (AvgIpc) is 3.30. The summed E-state index contributed by atoms with van der Waals surface area (Å²) < 4.78 is 46.6. The topological polar surface area (TPSA) is 44.8 Å². The van der Waals surface area contributed by atoms with Crippen molar-refractivity contribution in [1.29, 1.82) is 0 Å². The summed E-state index contributed by atoms with van der Waals surface area (Å²) in [6.07, 6.45) is 5.24. The Labute approximate surface area is 236 Å². The van der Waals surface area contributed by atoms with E-state index in [4.69, 9.17) is 14.2 Å². The summed E-state index contributed by atoms with van der Waals surface area (Å²) in [4.78, 5) is 11.5. The normalized spacial score (nSPS) is 16.9.